The maximum absolute atomic E-state index is 4.26. The lowest BCUT2D eigenvalue weighted by atomic mass is 9.83. The van der Waals surface area contributed by atoms with Gasteiger partial charge in [-0.15, -0.1) is 0 Å². The molecule has 0 aromatic carbocycles. The number of pyridine rings is 1. The highest BCUT2D eigenvalue weighted by molar-refractivity contribution is 5.28. The van der Waals surface area contributed by atoms with Gasteiger partial charge in [0.05, 0.1) is 6.04 Å². The van der Waals surface area contributed by atoms with Crippen molar-refractivity contribution in [1.82, 2.24) is 15.2 Å². The van der Waals surface area contributed by atoms with Crippen molar-refractivity contribution in [3.8, 4) is 0 Å². The normalized spacial score (nSPS) is 16.9. The Morgan fingerprint density at radius 1 is 1.47 bits per heavy atom. The number of likely N-dealkylation sites (N-methyl/N-ethyl adjacent to an activating group) is 2. The predicted molar refractivity (Wildman–Crippen MR) is 73.2 cm³/mol. The summed E-state index contributed by atoms with van der Waals surface area (Å²) in [5.74, 6) is 0. The number of aryl methyl sites for hydroxylation is 1. The van der Waals surface area contributed by atoms with Gasteiger partial charge in [0, 0.05) is 17.9 Å². The predicted octanol–water partition coefficient (Wildman–Crippen LogP) is 2.38. The molecule has 1 N–H and O–H groups in total. The minimum Gasteiger partial charge on any atom is -0.311 e. The van der Waals surface area contributed by atoms with Gasteiger partial charge in [-0.05, 0) is 58.6 Å². The Hall–Kier alpha value is -0.930. The zero-order valence-corrected chi connectivity index (χ0v) is 11.9. The molecule has 0 aliphatic heterocycles. The van der Waals surface area contributed by atoms with E-state index in [1.54, 1.807) is 0 Å². The summed E-state index contributed by atoms with van der Waals surface area (Å²) in [6.07, 6.45) is 4.91. The van der Waals surface area contributed by atoms with Crippen molar-refractivity contribution in [3.05, 3.63) is 29.6 Å². The fourth-order valence-electron chi connectivity index (χ4n) is 2.36. The summed E-state index contributed by atoms with van der Waals surface area (Å²) in [4.78, 5) is 6.56. The van der Waals surface area contributed by atoms with Crippen LogP contribution in [0.25, 0.3) is 0 Å². The number of rotatable bonds is 5. The van der Waals surface area contributed by atoms with Gasteiger partial charge in [-0.1, -0.05) is 6.92 Å². The van der Waals surface area contributed by atoms with Crippen molar-refractivity contribution < 1.29 is 0 Å². The Morgan fingerprint density at radius 2 is 2.12 bits per heavy atom. The molecule has 0 saturated carbocycles. The molecule has 0 saturated heterocycles. The van der Waals surface area contributed by atoms with E-state index in [4.69, 9.17) is 0 Å². The lowest BCUT2D eigenvalue weighted by molar-refractivity contribution is 0.116. The maximum Gasteiger partial charge on any atom is 0.0519 e. The zero-order valence-electron chi connectivity index (χ0n) is 11.9. The molecule has 0 bridgehead atoms. The lowest BCUT2D eigenvalue weighted by Crippen LogP contribution is -2.50. The molecule has 0 aliphatic carbocycles. The van der Waals surface area contributed by atoms with Crippen LogP contribution in [0.2, 0.25) is 0 Å². The molecule has 1 rings (SSSR count). The number of aromatic nitrogens is 1. The summed E-state index contributed by atoms with van der Waals surface area (Å²) in [5, 5.41) is 3.45. The second-order valence-corrected chi connectivity index (χ2v) is 5.06. The van der Waals surface area contributed by atoms with E-state index in [1.165, 1.54) is 11.1 Å². The molecule has 1 heterocycles. The molecule has 0 amide bonds. The van der Waals surface area contributed by atoms with Crippen LogP contribution in [0.1, 0.15) is 37.4 Å². The van der Waals surface area contributed by atoms with E-state index in [0.717, 1.165) is 6.42 Å². The third-order valence-corrected chi connectivity index (χ3v) is 4.04. The summed E-state index contributed by atoms with van der Waals surface area (Å²) < 4.78 is 0. The van der Waals surface area contributed by atoms with Crippen molar-refractivity contribution in [2.45, 2.75) is 38.8 Å². The van der Waals surface area contributed by atoms with Gasteiger partial charge in [0.15, 0.2) is 0 Å². The topological polar surface area (TPSA) is 28.2 Å². The van der Waals surface area contributed by atoms with Gasteiger partial charge in [-0.2, -0.15) is 0 Å². The van der Waals surface area contributed by atoms with Crippen LogP contribution >= 0.6 is 0 Å². The number of nitrogens with zero attached hydrogens (tertiary/aromatic N) is 2. The SMILES string of the molecule is CCC(C)(C(NC)c1cnccc1C)N(C)C. The second-order valence-electron chi connectivity index (χ2n) is 5.06. The number of hydrogen-bond acceptors (Lipinski definition) is 3. The standard InChI is InChI=1S/C14H25N3/c1-7-14(3,17(5)6)13(15-4)12-10-16-9-8-11(12)2/h8-10,13,15H,7H2,1-6H3. The minimum absolute atomic E-state index is 0.0859. The van der Waals surface area contributed by atoms with Crippen molar-refractivity contribution in [1.29, 1.82) is 0 Å². The first-order valence-electron chi connectivity index (χ1n) is 6.22. The Balaban J connectivity index is 3.19. The van der Waals surface area contributed by atoms with Gasteiger partial charge in [0.1, 0.15) is 0 Å². The highest BCUT2D eigenvalue weighted by atomic mass is 15.2. The summed E-state index contributed by atoms with van der Waals surface area (Å²) >= 11 is 0. The third kappa shape index (κ3) is 2.67. The first-order valence-corrected chi connectivity index (χ1v) is 6.22. The van der Waals surface area contributed by atoms with E-state index in [-0.39, 0.29) is 11.6 Å². The van der Waals surface area contributed by atoms with Gasteiger partial charge in [0.25, 0.3) is 0 Å². The van der Waals surface area contributed by atoms with E-state index in [1.807, 2.05) is 19.4 Å². The van der Waals surface area contributed by atoms with E-state index >= 15 is 0 Å². The molecule has 2 atom stereocenters. The van der Waals surface area contributed by atoms with Crippen molar-refractivity contribution in [3.63, 3.8) is 0 Å². The van der Waals surface area contributed by atoms with Gasteiger partial charge in [-0.3, -0.25) is 4.98 Å². The molecular formula is C14H25N3. The summed E-state index contributed by atoms with van der Waals surface area (Å²) in [7, 11) is 6.30. The number of nitrogens with one attached hydrogen (secondary N) is 1. The molecule has 2 unspecified atom stereocenters. The Bertz CT molecular complexity index is 362. The molecule has 0 aliphatic rings. The van der Waals surface area contributed by atoms with E-state index in [9.17, 15) is 0 Å². The fraction of sp³-hybridized carbons (Fsp3) is 0.643. The molecular weight excluding hydrogens is 210 g/mol. The van der Waals surface area contributed by atoms with E-state index in [2.05, 4.69) is 56.1 Å². The molecule has 0 fully saturated rings. The highest BCUT2D eigenvalue weighted by Crippen LogP contribution is 2.33. The lowest BCUT2D eigenvalue weighted by Gasteiger charge is -2.43. The smallest absolute Gasteiger partial charge is 0.0519 e. The van der Waals surface area contributed by atoms with E-state index in [0.29, 0.717) is 0 Å². The first kappa shape index (κ1) is 14.1. The van der Waals surface area contributed by atoms with Gasteiger partial charge < -0.3 is 10.2 Å². The van der Waals surface area contributed by atoms with Gasteiger partial charge >= 0.3 is 0 Å². The Kier molecular flexibility index (Phi) is 4.66. The molecule has 0 spiro atoms. The van der Waals surface area contributed by atoms with Crippen molar-refractivity contribution in [2.75, 3.05) is 21.1 Å². The van der Waals surface area contributed by atoms with Crippen LogP contribution < -0.4 is 5.32 Å². The largest absolute Gasteiger partial charge is 0.311 e. The molecule has 0 radical (unpaired) electrons. The maximum atomic E-state index is 4.26. The van der Waals surface area contributed by atoms with Crippen LogP contribution in [0.5, 0.6) is 0 Å². The average molecular weight is 235 g/mol. The molecule has 3 nitrogen and oxygen atoms in total. The Labute approximate surface area is 105 Å². The van der Waals surface area contributed by atoms with E-state index < -0.39 is 0 Å². The molecule has 1 aromatic rings. The molecule has 17 heavy (non-hydrogen) atoms. The van der Waals surface area contributed by atoms with Crippen LogP contribution in [0.4, 0.5) is 0 Å². The van der Waals surface area contributed by atoms with Crippen LogP contribution in [-0.4, -0.2) is 36.6 Å². The van der Waals surface area contributed by atoms with Crippen LogP contribution in [-0.2, 0) is 0 Å². The van der Waals surface area contributed by atoms with Crippen LogP contribution in [0.3, 0.4) is 0 Å². The summed E-state index contributed by atoms with van der Waals surface area (Å²) in [5.41, 5.74) is 2.66. The van der Waals surface area contributed by atoms with Crippen LogP contribution in [0, 0.1) is 6.92 Å². The summed E-state index contributed by atoms with van der Waals surface area (Å²) in [6, 6.07) is 2.36. The van der Waals surface area contributed by atoms with Crippen molar-refractivity contribution in [2.24, 2.45) is 0 Å². The molecule has 3 heteroatoms. The van der Waals surface area contributed by atoms with Crippen LogP contribution in [0.15, 0.2) is 18.5 Å². The fourth-order valence-corrected chi connectivity index (χ4v) is 2.36. The minimum atomic E-state index is 0.0859. The second kappa shape index (κ2) is 5.61. The highest BCUT2D eigenvalue weighted by Gasteiger charge is 2.35. The molecule has 1 aromatic heterocycles. The zero-order chi connectivity index (χ0) is 13.1. The summed E-state index contributed by atoms with van der Waals surface area (Å²) in [6.45, 7) is 6.67. The quantitative estimate of drug-likeness (QED) is 0.849. The monoisotopic (exact) mass is 235 g/mol. The van der Waals surface area contributed by atoms with Gasteiger partial charge in [0.2, 0.25) is 0 Å². The van der Waals surface area contributed by atoms with Gasteiger partial charge in [-0.25, -0.2) is 0 Å². The average Bonchev–Trinajstić information content (AvgIpc) is 2.31. The first-order chi connectivity index (χ1) is 7.97. The Morgan fingerprint density at radius 3 is 2.53 bits per heavy atom. The molecule has 96 valence electrons. The van der Waals surface area contributed by atoms with Crippen molar-refractivity contribution >= 4 is 0 Å². The number of hydrogen-bond donors (Lipinski definition) is 1. The third-order valence-electron chi connectivity index (χ3n) is 4.04.